The smallest absolute Gasteiger partial charge is 0.337 e. The van der Waals surface area contributed by atoms with Gasteiger partial charge in [0.15, 0.2) is 0 Å². The quantitative estimate of drug-likeness (QED) is 0.740. The van der Waals surface area contributed by atoms with Crippen molar-refractivity contribution >= 4 is 39.2 Å². The van der Waals surface area contributed by atoms with Crippen LogP contribution in [0.15, 0.2) is 40.9 Å². The standard InChI is InChI=1S/C14H10BrFN2O3/c15-12-8(2-1-3-10(12)16)13(19)18-11-5-4-7(17)6-9(11)14(20)21/h1-6H,17H2,(H,18,19)(H,20,21). The molecule has 0 heterocycles. The lowest BCUT2D eigenvalue weighted by Gasteiger charge is -2.10. The first-order valence-electron chi connectivity index (χ1n) is 5.78. The van der Waals surface area contributed by atoms with Crippen molar-refractivity contribution in [2.24, 2.45) is 0 Å². The van der Waals surface area contributed by atoms with Gasteiger partial charge in [0.05, 0.1) is 21.3 Å². The van der Waals surface area contributed by atoms with Crippen molar-refractivity contribution in [1.29, 1.82) is 0 Å². The van der Waals surface area contributed by atoms with Crippen molar-refractivity contribution in [2.75, 3.05) is 11.1 Å². The fourth-order valence-corrected chi connectivity index (χ4v) is 2.16. The Hall–Kier alpha value is -2.41. The molecule has 0 spiro atoms. The summed E-state index contributed by atoms with van der Waals surface area (Å²) in [6, 6.07) is 8.08. The molecule has 0 unspecified atom stereocenters. The zero-order chi connectivity index (χ0) is 15.6. The van der Waals surface area contributed by atoms with Crippen LogP contribution in [-0.2, 0) is 0 Å². The molecule has 0 aliphatic carbocycles. The van der Waals surface area contributed by atoms with Crippen LogP contribution in [0.25, 0.3) is 0 Å². The monoisotopic (exact) mass is 352 g/mol. The molecular weight excluding hydrogens is 343 g/mol. The molecule has 0 aliphatic rings. The van der Waals surface area contributed by atoms with Crippen LogP contribution in [0.5, 0.6) is 0 Å². The maximum absolute atomic E-state index is 13.4. The molecule has 0 saturated carbocycles. The normalized spacial score (nSPS) is 10.2. The van der Waals surface area contributed by atoms with Crippen molar-refractivity contribution in [2.45, 2.75) is 0 Å². The van der Waals surface area contributed by atoms with Gasteiger partial charge in [0.2, 0.25) is 0 Å². The van der Waals surface area contributed by atoms with Crippen LogP contribution in [0.1, 0.15) is 20.7 Å². The topological polar surface area (TPSA) is 92.4 Å². The Morgan fingerprint density at radius 3 is 2.57 bits per heavy atom. The molecule has 2 aromatic carbocycles. The summed E-state index contributed by atoms with van der Waals surface area (Å²) >= 11 is 2.98. The molecule has 7 heteroatoms. The zero-order valence-corrected chi connectivity index (χ0v) is 12.1. The lowest BCUT2D eigenvalue weighted by Crippen LogP contribution is -2.16. The minimum absolute atomic E-state index is 0.00909. The van der Waals surface area contributed by atoms with Crippen LogP contribution < -0.4 is 11.1 Å². The highest BCUT2D eigenvalue weighted by molar-refractivity contribution is 9.10. The summed E-state index contributed by atoms with van der Waals surface area (Å²) in [6.07, 6.45) is 0. The predicted molar refractivity (Wildman–Crippen MR) is 79.9 cm³/mol. The van der Waals surface area contributed by atoms with E-state index in [2.05, 4.69) is 21.2 Å². The Balaban J connectivity index is 2.36. The molecule has 2 rings (SSSR count). The van der Waals surface area contributed by atoms with Crippen molar-refractivity contribution in [3.63, 3.8) is 0 Å². The number of carboxylic acids is 1. The van der Waals surface area contributed by atoms with E-state index in [0.717, 1.165) is 0 Å². The maximum atomic E-state index is 13.4. The van der Waals surface area contributed by atoms with E-state index in [9.17, 15) is 14.0 Å². The number of hydrogen-bond donors (Lipinski definition) is 3. The van der Waals surface area contributed by atoms with E-state index < -0.39 is 17.7 Å². The van der Waals surface area contributed by atoms with Gasteiger partial charge in [0.25, 0.3) is 5.91 Å². The van der Waals surface area contributed by atoms with E-state index in [1.165, 1.54) is 36.4 Å². The molecule has 0 fully saturated rings. The SMILES string of the molecule is Nc1ccc(NC(=O)c2cccc(F)c2Br)c(C(=O)O)c1. The second kappa shape index (κ2) is 5.92. The van der Waals surface area contributed by atoms with Gasteiger partial charge in [0.1, 0.15) is 5.82 Å². The largest absolute Gasteiger partial charge is 0.478 e. The van der Waals surface area contributed by atoms with Gasteiger partial charge in [-0.05, 0) is 46.3 Å². The number of nitrogens with one attached hydrogen (secondary N) is 1. The van der Waals surface area contributed by atoms with E-state index in [4.69, 9.17) is 10.8 Å². The minimum Gasteiger partial charge on any atom is -0.478 e. The molecule has 0 aliphatic heterocycles. The number of nitrogens with two attached hydrogens (primary N) is 1. The summed E-state index contributed by atoms with van der Waals surface area (Å²) in [7, 11) is 0. The minimum atomic E-state index is -1.23. The number of benzene rings is 2. The zero-order valence-electron chi connectivity index (χ0n) is 10.6. The summed E-state index contributed by atoms with van der Waals surface area (Å²) in [4.78, 5) is 23.3. The van der Waals surface area contributed by atoms with Crippen molar-refractivity contribution in [3.05, 3.63) is 57.8 Å². The lowest BCUT2D eigenvalue weighted by molar-refractivity contribution is 0.0698. The third kappa shape index (κ3) is 3.19. The van der Waals surface area contributed by atoms with E-state index in [-0.39, 0.29) is 27.0 Å². The molecule has 4 N–H and O–H groups in total. The summed E-state index contributed by atoms with van der Waals surface area (Å²) in [5, 5.41) is 11.5. The average molecular weight is 353 g/mol. The van der Waals surface area contributed by atoms with E-state index in [1.807, 2.05) is 0 Å². The van der Waals surface area contributed by atoms with Crippen molar-refractivity contribution in [1.82, 2.24) is 0 Å². The number of carbonyl (C=O) groups excluding carboxylic acids is 1. The number of carbonyl (C=O) groups is 2. The molecule has 0 atom stereocenters. The number of carboxylic acid groups (broad SMARTS) is 1. The van der Waals surface area contributed by atoms with Crippen LogP contribution in [-0.4, -0.2) is 17.0 Å². The van der Waals surface area contributed by atoms with Gasteiger partial charge in [0, 0.05) is 5.69 Å². The number of anilines is 2. The summed E-state index contributed by atoms with van der Waals surface area (Å²) in [6.45, 7) is 0. The fourth-order valence-electron chi connectivity index (χ4n) is 1.72. The Labute approximate surface area is 127 Å². The van der Waals surface area contributed by atoms with Gasteiger partial charge < -0.3 is 16.2 Å². The first-order chi connectivity index (χ1) is 9.90. The second-order valence-electron chi connectivity index (χ2n) is 4.17. The highest BCUT2D eigenvalue weighted by atomic mass is 79.9. The van der Waals surface area contributed by atoms with Gasteiger partial charge in [-0.1, -0.05) is 6.07 Å². The van der Waals surface area contributed by atoms with Crippen LogP contribution in [0, 0.1) is 5.82 Å². The molecule has 5 nitrogen and oxygen atoms in total. The van der Waals surface area contributed by atoms with Crippen LogP contribution in [0.2, 0.25) is 0 Å². The average Bonchev–Trinajstić information content (AvgIpc) is 2.43. The molecule has 21 heavy (non-hydrogen) atoms. The Morgan fingerprint density at radius 2 is 1.90 bits per heavy atom. The number of hydrogen-bond acceptors (Lipinski definition) is 3. The molecule has 0 saturated heterocycles. The number of halogens is 2. The number of rotatable bonds is 3. The Bertz CT molecular complexity index is 734. The Kier molecular flexibility index (Phi) is 4.23. The summed E-state index contributed by atoms with van der Waals surface area (Å²) in [5.41, 5.74) is 5.78. The molecule has 0 radical (unpaired) electrons. The highest BCUT2D eigenvalue weighted by Crippen LogP contribution is 2.24. The van der Waals surface area contributed by atoms with Gasteiger partial charge in [-0.15, -0.1) is 0 Å². The summed E-state index contributed by atoms with van der Waals surface area (Å²) < 4.78 is 13.4. The molecule has 108 valence electrons. The maximum Gasteiger partial charge on any atom is 0.337 e. The van der Waals surface area contributed by atoms with Crippen molar-refractivity contribution in [3.8, 4) is 0 Å². The Morgan fingerprint density at radius 1 is 1.19 bits per heavy atom. The fraction of sp³-hybridized carbons (Fsp3) is 0. The number of amides is 1. The van der Waals surface area contributed by atoms with Crippen LogP contribution in [0.3, 0.4) is 0 Å². The predicted octanol–water partition coefficient (Wildman–Crippen LogP) is 3.12. The van der Waals surface area contributed by atoms with Gasteiger partial charge in [-0.2, -0.15) is 0 Å². The van der Waals surface area contributed by atoms with Crippen LogP contribution >= 0.6 is 15.9 Å². The third-order valence-electron chi connectivity index (χ3n) is 2.72. The van der Waals surface area contributed by atoms with Gasteiger partial charge in [-0.3, -0.25) is 4.79 Å². The van der Waals surface area contributed by atoms with Gasteiger partial charge >= 0.3 is 5.97 Å². The second-order valence-corrected chi connectivity index (χ2v) is 4.96. The molecule has 0 bridgehead atoms. The lowest BCUT2D eigenvalue weighted by atomic mass is 10.1. The molecule has 0 aromatic heterocycles. The first-order valence-corrected chi connectivity index (χ1v) is 6.57. The number of aromatic carboxylic acids is 1. The summed E-state index contributed by atoms with van der Waals surface area (Å²) in [5.74, 6) is -2.44. The third-order valence-corrected chi connectivity index (χ3v) is 3.52. The molecule has 1 amide bonds. The molecule has 2 aromatic rings. The van der Waals surface area contributed by atoms with E-state index in [1.54, 1.807) is 0 Å². The van der Waals surface area contributed by atoms with Crippen LogP contribution in [0.4, 0.5) is 15.8 Å². The molecular formula is C14H10BrFN2O3. The first kappa shape index (κ1) is 15.0. The van der Waals surface area contributed by atoms with Gasteiger partial charge in [-0.25, -0.2) is 9.18 Å². The van der Waals surface area contributed by atoms with Crippen molar-refractivity contribution < 1.29 is 19.1 Å². The van der Waals surface area contributed by atoms with E-state index in [0.29, 0.717) is 0 Å². The van der Waals surface area contributed by atoms with E-state index >= 15 is 0 Å². The number of nitrogen functional groups attached to an aromatic ring is 1. The highest BCUT2D eigenvalue weighted by Gasteiger charge is 2.17.